The average Bonchev–Trinajstić information content (AvgIpc) is 2.36. The molecule has 1 amide bonds. The molecule has 19 heavy (non-hydrogen) atoms. The zero-order valence-electron chi connectivity index (χ0n) is 11.4. The van der Waals surface area contributed by atoms with E-state index in [1.807, 2.05) is 19.9 Å². The summed E-state index contributed by atoms with van der Waals surface area (Å²) in [7, 11) is 0. The lowest BCUT2D eigenvalue weighted by Gasteiger charge is -2.17. The van der Waals surface area contributed by atoms with E-state index in [9.17, 15) is 9.90 Å². The molecule has 0 heterocycles. The molecule has 0 aromatic heterocycles. The summed E-state index contributed by atoms with van der Waals surface area (Å²) < 4.78 is 0. The molecule has 108 valence electrons. The largest absolute Gasteiger partial charge is 0.508 e. The number of hydrogen-bond donors (Lipinski definition) is 3. The van der Waals surface area contributed by atoms with Crippen LogP contribution in [0.3, 0.4) is 0 Å². The van der Waals surface area contributed by atoms with Gasteiger partial charge in [0, 0.05) is 6.54 Å². The van der Waals surface area contributed by atoms with E-state index in [4.69, 9.17) is 5.73 Å². The van der Waals surface area contributed by atoms with Crippen LogP contribution < -0.4 is 11.1 Å². The van der Waals surface area contributed by atoms with Crippen LogP contribution in [0.1, 0.15) is 25.8 Å². The first-order chi connectivity index (χ1) is 8.54. The number of phenolic OH excluding ortho intramolecular Hbond substituents is 1. The fourth-order valence-corrected chi connectivity index (χ4v) is 1.67. The number of aromatic hydroxyl groups is 1. The van der Waals surface area contributed by atoms with Crippen molar-refractivity contribution in [2.45, 2.75) is 32.7 Å². The van der Waals surface area contributed by atoms with Crippen LogP contribution in [0, 0.1) is 5.92 Å². The third kappa shape index (κ3) is 5.94. The Labute approximate surface area is 120 Å². The Hall–Kier alpha value is -1.26. The summed E-state index contributed by atoms with van der Waals surface area (Å²) in [6.07, 6.45) is 1.58. The van der Waals surface area contributed by atoms with Crippen molar-refractivity contribution in [2.75, 3.05) is 6.54 Å². The SMILES string of the molecule is CCC(C)C(N)C(=O)NCCc1cccc(O)c1.Cl. The average molecular weight is 287 g/mol. The lowest BCUT2D eigenvalue weighted by atomic mass is 9.99. The summed E-state index contributed by atoms with van der Waals surface area (Å²) in [5.41, 5.74) is 6.82. The fraction of sp³-hybridized carbons (Fsp3) is 0.500. The number of amides is 1. The number of benzene rings is 1. The first kappa shape index (κ1) is 17.7. The second-order valence-electron chi connectivity index (χ2n) is 4.62. The molecule has 1 rings (SSSR count). The Balaban J connectivity index is 0.00000324. The third-order valence-electron chi connectivity index (χ3n) is 3.18. The van der Waals surface area contributed by atoms with E-state index in [-0.39, 0.29) is 30.0 Å². The normalized spacial score (nSPS) is 13.2. The van der Waals surface area contributed by atoms with E-state index in [1.54, 1.807) is 18.2 Å². The maximum Gasteiger partial charge on any atom is 0.237 e. The topological polar surface area (TPSA) is 75.4 Å². The van der Waals surface area contributed by atoms with Gasteiger partial charge in [0.15, 0.2) is 0 Å². The van der Waals surface area contributed by atoms with Crippen LogP contribution in [0.4, 0.5) is 0 Å². The number of hydrogen-bond acceptors (Lipinski definition) is 3. The molecule has 0 aliphatic rings. The van der Waals surface area contributed by atoms with Crippen LogP contribution in [0.2, 0.25) is 0 Å². The standard InChI is InChI=1S/C14H22N2O2.ClH/c1-3-10(2)13(15)14(18)16-8-7-11-5-4-6-12(17)9-11;/h4-6,9-10,13,17H,3,7-8,15H2,1-2H3,(H,16,18);1H. The van der Waals surface area contributed by atoms with Gasteiger partial charge in [-0.2, -0.15) is 0 Å². The number of rotatable bonds is 6. The van der Waals surface area contributed by atoms with Crippen LogP contribution in [-0.2, 0) is 11.2 Å². The Morgan fingerprint density at radius 2 is 2.16 bits per heavy atom. The summed E-state index contributed by atoms with van der Waals surface area (Å²) >= 11 is 0. The number of nitrogens with one attached hydrogen (secondary N) is 1. The van der Waals surface area contributed by atoms with Gasteiger partial charge in [-0.05, 0) is 30.0 Å². The summed E-state index contributed by atoms with van der Waals surface area (Å²) in [4.78, 5) is 11.7. The molecule has 4 nitrogen and oxygen atoms in total. The quantitative estimate of drug-likeness (QED) is 0.747. The summed E-state index contributed by atoms with van der Waals surface area (Å²) in [6.45, 7) is 4.52. The van der Waals surface area contributed by atoms with E-state index >= 15 is 0 Å². The van der Waals surface area contributed by atoms with E-state index in [1.165, 1.54) is 0 Å². The van der Waals surface area contributed by atoms with Gasteiger partial charge in [0.1, 0.15) is 5.75 Å². The third-order valence-corrected chi connectivity index (χ3v) is 3.18. The lowest BCUT2D eigenvalue weighted by molar-refractivity contribution is -0.123. The van der Waals surface area contributed by atoms with Crippen molar-refractivity contribution >= 4 is 18.3 Å². The van der Waals surface area contributed by atoms with Gasteiger partial charge >= 0.3 is 0 Å². The minimum atomic E-state index is -0.445. The molecule has 1 aromatic carbocycles. The van der Waals surface area contributed by atoms with E-state index in [0.717, 1.165) is 12.0 Å². The second-order valence-corrected chi connectivity index (χ2v) is 4.62. The minimum absolute atomic E-state index is 0. The summed E-state index contributed by atoms with van der Waals surface area (Å²) in [5.74, 6) is 0.324. The first-order valence-electron chi connectivity index (χ1n) is 6.35. The van der Waals surface area contributed by atoms with Crippen LogP contribution in [0.5, 0.6) is 5.75 Å². The van der Waals surface area contributed by atoms with Crippen molar-refractivity contribution < 1.29 is 9.90 Å². The molecular weight excluding hydrogens is 264 g/mol. The Kier molecular flexibility index (Phi) is 8.19. The van der Waals surface area contributed by atoms with Crippen LogP contribution in [0.25, 0.3) is 0 Å². The monoisotopic (exact) mass is 286 g/mol. The highest BCUT2D eigenvalue weighted by atomic mass is 35.5. The smallest absolute Gasteiger partial charge is 0.237 e. The molecule has 0 saturated heterocycles. The van der Waals surface area contributed by atoms with Crippen molar-refractivity contribution in [3.8, 4) is 5.75 Å². The highest BCUT2D eigenvalue weighted by Gasteiger charge is 2.18. The number of nitrogens with two attached hydrogens (primary N) is 1. The maximum atomic E-state index is 11.7. The van der Waals surface area contributed by atoms with Gasteiger partial charge in [-0.25, -0.2) is 0 Å². The van der Waals surface area contributed by atoms with E-state index in [0.29, 0.717) is 13.0 Å². The number of halogens is 1. The van der Waals surface area contributed by atoms with Crippen LogP contribution in [-0.4, -0.2) is 23.6 Å². The Morgan fingerprint density at radius 3 is 2.74 bits per heavy atom. The molecule has 5 heteroatoms. The molecule has 0 bridgehead atoms. The fourth-order valence-electron chi connectivity index (χ4n) is 1.67. The van der Waals surface area contributed by atoms with Gasteiger partial charge in [0.25, 0.3) is 0 Å². The van der Waals surface area contributed by atoms with Gasteiger partial charge < -0.3 is 16.2 Å². The molecule has 0 radical (unpaired) electrons. The number of carbonyl (C=O) groups excluding carboxylic acids is 1. The van der Waals surface area contributed by atoms with Crippen LogP contribution >= 0.6 is 12.4 Å². The van der Waals surface area contributed by atoms with E-state index in [2.05, 4.69) is 5.32 Å². The zero-order valence-corrected chi connectivity index (χ0v) is 12.2. The van der Waals surface area contributed by atoms with Gasteiger partial charge in [-0.3, -0.25) is 4.79 Å². The Bertz CT molecular complexity index is 399. The zero-order chi connectivity index (χ0) is 13.5. The molecule has 0 aliphatic heterocycles. The van der Waals surface area contributed by atoms with Crippen LogP contribution in [0.15, 0.2) is 24.3 Å². The van der Waals surface area contributed by atoms with Gasteiger partial charge in [0.05, 0.1) is 6.04 Å². The predicted molar refractivity (Wildman–Crippen MR) is 79.5 cm³/mol. The molecule has 4 N–H and O–H groups in total. The Morgan fingerprint density at radius 1 is 1.47 bits per heavy atom. The van der Waals surface area contributed by atoms with Crippen molar-refractivity contribution in [1.29, 1.82) is 0 Å². The van der Waals surface area contributed by atoms with Gasteiger partial charge in [-0.1, -0.05) is 32.4 Å². The first-order valence-corrected chi connectivity index (χ1v) is 6.35. The highest BCUT2D eigenvalue weighted by molar-refractivity contribution is 5.85. The van der Waals surface area contributed by atoms with Gasteiger partial charge in [0.2, 0.25) is 5.91 Å². The predicted octanol–water partition coefficient (Wildman–Crippen LogP) is 1.85. The molecular formula is C14H23ClN2O2. The summed E-state index contributed by atoms with van der Waals surface area (Å²) in [5, 5.41) is 12.1. The van der Waals surface area contributed by atoms with Gasteiger partial charge in [-0.15, -0.1) is 12.4 Å². The van der Waals surface area contributed by atoms with Crippen molar-refractivity contribution in [3.05, 3.63) is 29.8 Å². The minimum Gasteiger partial charge on any atom is -0.508 e. The maximum absolute atomic E-state index is 11.7. The van der Waals surface area contributed by atoms with Crippen molar-refractivity contribution in [3.63, 3.8) is 0 Å². The molecule has 2 atom stereocenters. The second kappa shape index (κ2) is 8.77. The molecule has 0 aliphatic carbocycles. The van der Waals surface area contributed by atoms with E-state index < -0.39 is 6.04 Å². The lowest BCUT2D eigenvalue weighted by Crippen LogP contribution is -2.45. The van der Waals surface area contributed by atoms with Crippen molar-refractivity contribution in [2.24, 2.45) is 11.7 Å². The number of carbonyl (C=O) groups is 1. The molecule has 2 unspecified atom stereocenters. The molecule has 0 saturated carbocycles. The van der Waals surface area contributed by atoms with Crippen molar-refractivity contribution in [1.82, 2.24) is 5.32 Å². The molecule has 0 spiro atoms. The highest BCUT2D eigenvalue weighted by Crippen LogP contribution is 2.11. The number of phenols is 1. The summed E-state index contributed by atoms with van der Waals surface area (Å²) in [6, 6.07) is 6.58. The molecule has 1 aromatic rings. The molecule has 0 fully saturated rings.